The van der Waals surface area contributed by atoms with Gasteiger partial charge in [-0.05, 0) is 33.1 Å². The van der Waals surface area contributed by atoms with Gasteiger partial charge < -0.3 is 15.2 Å². The molecule has 0 saturated carbocycles. The maximum Gasteiger partial charge on any atom is 0.376 e. The molecule has 2 unspecified atom stereocenters. The third-order valence-corrected chi connectivity index (χ3v) is 3.68. The Kier molecular flexibility index (Phi) is 2.82. The monoisotopic (exact) mass is 200 g/mol. The summed E-state index contributed by atoms with van der Waals surface area (Å²) in [5.74, 6) is 0. The summed E-state index contributed by atoms with van der Waals surface area (Å²) in [6.45, 7) is 1.73. The molecule has 2 bridgehead atoms. The Morgan fingerprint density at radius 2 is 2.21 bits per heavy atom. The summed E-state index contributed by atoms with van der Waals surface area (Å²) in [6.07, 6.45) is 1.88. The lowest BCUT2D eigenvalue weighted by atomic mass is 9.78. The fourth-order valence-corrected chi connectivity index (χ4v) is 3.05. The molecule has 2 rings (SSSR count). The highest BCUT2D eigenvalue weighted by Crippen LogP contribution is 2.37. The fraction of sp³-hybridized carbons (Fsp3) is 1.00. The lowest BCUT2D eigenvalue weighted by Gasteiger charge is -2.41. The van der Waals surface area contributed by atoms with Crippen molar-refractivity contribution >= 4 is 7.05 Å². The highest BCUT2D eigenvalue weighted by Gasteiger charge is 2.49. The van der Waals surface area contributed by atoms with Gasteiger partial charge in [-0.2, -0.15) is 0 Å². The average Bonchev–Trinajstić information content (AvgIpc) is 2.50. The Bertz CT molecular complexity index is 217. The van der Waals surface area contributed by atoms with Gasteiger partial charge in [0.05, 0.1) is 0 Å². The Morgan fingerprint density at radius 1 is 1.50 bits per heavy atom. The summed E-state index contributed by atoms with van der Waals surface area (Å²) in [5, 5.41) is 12.6. The molecule has 0 radical (unpaired) electrons. The topological polar surface area (TPSA) is 35.5 Å². The zero-order valence-electron chi connectivity index (χ0n) is 8.78. The number of hydrogen-bond acceptors (Lipinski definition) is 3. The molecule has 2 aliphatic rings. The van der Waals surface area contributed by atoms with Crippen LogP contribution in [0, 0.1) is 0 Å². The highest BCUT2D eigenvalue weighted by atomic mass is 19.1. The molecule has 0 aromatic carbocycles. The first-order valence-electron chi connectivity index (χ1n) is 5.42. The molecule has 2 N–H and O–H groups in total. The summed E-state index contributed by atoms with van der Waals surface area (Å²) in [4.78, 5) is 1.94. The van der Waals surface area contributed by atoms with E-state index in [1.54, 1.807) is 6.82 Å². The van der Waals surface area contributed by atoms with Gasteiger partial charge in [0.2, 0.25) is 0 Å². The molecule has 4 atom stereocenters. The van der Waals surface area contributed by atoms with Crippen molar-refractivity contribution in [2.45, 2.75) is 50.4 Å². The second kappa shape index (κ2) is 3.79. The van der Waals surface area contributed by atoms with E-state index in [0.717, 1.165) is 19.3 Å². The SMILES string of the molecule is CN[C@H]1CC2CCC([C@H]1F)N2B(C)O. The van der Waals surface area contributed by atoms with E-state index < -0.39 is 13.2 Å². The first-order valence-corrected chi connectivity index (χ1v) is 5.42. The van der Waals surface area contributed by atoms with E-state index in [0.29, 0.717) is 6.04 Å². The van der Waals surface area contributed by atoms with E-state index in [9.17, 15) is 9.41 Å². The van der Waals surface area contributed by atoms with Crippen molar-refractivity contribution in [3.05, 3.63) is 0 Å². The van der Waals surface area contributed by atoms with Crippen LogP contribution in [-0.4, -0.2) is 48.2 Å². The van der Waals surface area contributed by atoms with Gasteiger partial charge in [0.1, 0.15) is 6.17 Å². The van der Waals surface area contributed by atoms with Gasteiger partial charge >= 0.3 is 7.05 Å². The summed E-state index contributed by atoms with van der Waals surface area (Å²) in [6, 6.07) is 0.262. The van der Waals surface area contributed by atoms with Gasteiger partial charge in [0.15, 0.2) is 0 Å². The number of halogens is 1. The van der Waals surface area contributed by atoms with E-state index in [1.165, 1.54) is 0 Å². The van der Waals surface area contributed by atoms with Gasteiger partial charge in [-0.25, -0.2) is 4.39 Å². The van der Waals surface area contributed by atoms with E-state index in [1.807, 2.05) is 11.9 Å². The summed E-state index contributed by atoms with van der Waals surface area (Å²) in [7, 11) is 1.30. The number of piperidine rings is 1. The molecule has 14 heavy (non-hydrogen) atoms. The predicted molar refractivity (Wildman–Crippen MR) is 54.8 cm³/mol. The Hall–Kier alpha value is -0.125. The van der Waals surface area contributed by atoms with Crippen molar-refractivity contribution in [2.24, 2.45) is 0 Å². The zero-order chi connectivity index (χ0) is 10.3. The van der Waals surface area contributed by atoms with Crippen molar-refractivity contribution in [1.82, 2.24) is 10.1 Å². The fourth-order valence-electron chi connectivity index (χ4n) is 3.05. The average molecular weight is 200 g/mol. The van der Waals surface area contributed by atoms with E-state index in [4.69, 9.17) is 0 Å². The van der Waals surface area contributed by atoms with E-state index in [-0.39, 0.29) is 12.1 Å². The quantitative estimate of drug-likeness (QED) is 0.627. The van der Waals surface area contributed by atoms with Crippen molar-refractivity contribution in [2.75, 3.05) is 7.05 Å². The number of nitrogens with one attached hydrogen (secondary N) is 1. The largest absolute Gasteiger partial charge is 0.437 e. The molecule has 0 aromatic rings. The molecule has 2 heterocycles. The van der Waals surface area contributed by atoms with Crippen LogP contribution >= 0.6 is 0 Å². The summed E-state index contributed by atoms with van der Waals surface area (Å²) in [5.41, 5.74) is 0. The first kappa shape index (κ1) is 10.4. The molecular weight excluding hydrogens is 182 g/mol. The number of nitrogens with zero attached hydrogens (tertiary/aromatic N) is 1. The molecule has 0 aromatic heterocycles. The van der Waals surface area contributed by atoms with Crippen LogP contribution in [-0.2, 0) is 0 Å². The Balaban J connectivity index is 2.14. The smallest absolute Gasteiger partial charge is 0.376 e. The van der Waals surface area contributed by atoms with Gasteiger partial charge in [-0.15, -0.1) is 0 Å². The van der Waals surface area contributed by atoms with Gasteiger partial charge in [-0.1, -0.05) is 0 Å². The third-order valence-electron chi connectivity index (χ3n) is 3.68. The molecule has 2 saturated heterocycles. The van der Waals surface area contributed by atoms with Crippen molar-refractivity contribution in [1.29, 1.82) is 0 Å². The molecule has 0 spiro atoms. The second-order valence-electron chi connectivity index (χ2n) is 4.45. The van der Waals surface area contributed by atoms with Gasteiger partial charge in [-0.3, -0.25) is 0 Å². The minimum absolute atomic E-state index is 0.0255. The Labute approximate surface area is 84.8 Å². The van der Waals surface area contributed by atoms with Crippen LogP contribution in [0.25, 0.3) is 0 Å². The predicted octanol–water partition coefficient (Wildman–Crippen LogP) is 0.260. The lowest BCUT2D eigenvalue weighted by Crippen LogP contribution is -2.60. The maximum absolute atomic E-state index is 13.9. The standard InChI is InChI=1S/C9H18BFN2O/c1-10(14)13-6-3-4-8(13)9(11)7(5-6)12-2/h6-9,12,14H,3-5H2,1-2H3/t6?,7-,8?,9-/m0/s1. The van der Waals surface area contributed by atoms with Crippen LogP contribution in [0.4, 0.5) is 4.39 Å². The number of rotatable bonds is 2. The Morgan fingerprint density at radius 3 is 2.79 bits per heavy atom. The normalized spacial score (nSPS) is 42.9. The molecule has 0 amide bonds. The minimum Gasteiger partial charge on any atom is -0.437 e. The van der Waals surface area contributed by atoms with Crippen LogP contribution in [0.2, 0.25) is 6.82 Å². The molecule has 0 aliphatic carbocycles. The molecule has 2 aliphatic heterocycles. The van der Waals surface area contributed by atoms with Gasteiger partial charge in [0.25, 0.3) is 0 Å². The minimum atomic E-state index is -0.839. The molecule has 5 heteroatoms. The van der Waals surface area contributed by atoms with Crippen LogP contribution in [0.15, 0.2) is 0 Å². The van der Waals surface area contributed by atoms with Crippen LogP contribution < -0.4 is 5.32 Å². The highest BCUT2D eigenvalue weighted by molar-refractivity contribution is 6.45. The lowest BCUT2D eigenvalue weighted by molar-refractivity contribution is 0.0864. The van der Waals surface area contributed by atoms with E-state index >= 15 is 0 Å². The second-order valence-corrected chi connectivity index (χ2v) is 4.45. The van der Waals surface area contributed by atoms with Crippen molar-refractivity contribution < 1.29 is 9.41 Å². The van der Waals surface area contributed by atoms with Crippen molar-refractivity contribution in [3.63, 3.8) is 0 Å². The van der Waals surface area contributed by atoms with Crippen LogP contribution in [0.3, 0.4) is 0 Å². The number of fused-ring (bicyclic) bond motifs is 2. The molecule has 2 fully saturated rings. The molecule has 80 valence electrons. The van der Waals surface area contributed by atoms with Gasteiger partial charge in [0, 0.05) is 18.1 Å². The molecule has 3 nitrogen and oxygen atoms in total. The number of alkyl halides is 1. The molecular formula is C9H18BFN2O. The van der Waals surface area contributed by atoms with Crippen LogP contribution in [0.5, 0.6) is 0 Å². The first-order chi connectivity index (χ1) is 6.65. The summed E-state index contributed by atoms with van der Waals surface area (Å²) < 4.78 is 13.9. The zero-order valence-corrected chi connectivity index (χ0v) is 8.78. The maximum atomic E-state index is 13.9. The summed E-state index contributed by atoms with van der Waals surface area (Å²) >= 11 is 0. The number of hydrogen-bond donors (Lipinski definition) is 2. The van der Waals surface area contributed by atoms with Crippen molar-refractivity contribution in [3.8, 4) is 0 Å². The third kappa shape index (κ3) is 1.47. The van der Waals surface area contributed by atoms with Crippen LogP contribution in [0.1, 0.15) is 19.3 Å². The van der Waals surface area contributed by atoms with E-state index in [2.05, 4.69) is 5.32 Å².